The number of aromatic nitrogens is 1. The number of unbranched alkanes of at least 4 members (excludes halogenated alkanes) is 1. The van der Waals surface area contributed by atoms with Gasteiger partial charge in [-0.25, -0.2) is 4.98 Å². The molecule has 180 valence electrons. The van der Waals surface area contributed by atoms with Crippen LogP contribution in [0.25, 0.3) is 0 Å². The molecule has 4 rings (SSSR count). The number of rotatable bonds is 9. The molecule has 1 N–H and O–H groups in total. The third-order valence-electron chi connectivity index (χ3n) is 6.64. The Morgan fingerprint density at radius 1 is 1.03 bits per heavy atom. The zero-order valence-electron chi connectivity index (χ0n) is 19.7. The zero-order valence-corrected chi connectivity index (χ0v) is 19.7. The molecule has 2 aliphatic rings. The monoisotopic (exact) mass is 455 g/mol. The first-order chi connectivity index (χ1) is 16.1. The van der Waals surface area contributed by atoms with E-state index in [2.05, 4.69) is 38.7 Å². The number of piperazine rings is 2. The summed E-state index contributed by atoms with van der Waals surface area (Å²) in [4.78, 5) is 26.2. The SMILES string of the molecule is CCCCC(O)CN1CCN(Cc2nc(C(=O)N3CCN(c4ccccc4)CC3)co2)CC1. The minimum atomic E-state index is -0.230. The van der Waals surface area contributed by atoms with Crippen LogP contribution in [0.2, 0.25) is 0 Å². The molecule has 2 aromatic rings. The van der Waals surface area contributed by atoms with Crippen LogP contribution in [0.1, 0.15) is 42.6 Å². The largest absolute Gasteiger partial charge is 0.447 e. The summed E-state index contributed by atoms with van der Waals surface area (Å²) in [7, 11) is 0. The highest BCUT2D eigenvalue weighted by atomic mass is 16.3. The van der Waals surface area contributed by atoms with Crippen molar-refractivity contribution in [1.82, 2.24) is 19.7 Å². The molecule has 1 aromatic heterocycles. The number of aliphatic hydroxyl groups is 1. The molecule has 8 heteroatoms. The lowest BCUT2D eigenvalue weighted by molar-refractivity contribution is 0.0627. The van der Waals surface area contributed by atoms with E-state index in [9.17, 15) is 9.90 Å². The third kappa shape index (κ3) is 6.56. The number of nitrogens with zero attached hydrogens (tertiary/aromatic N) is 5. The number of para-hydroxylation sites is 1. The molecule has 0 spiro atoms. The maximum Gasteiger partial charge on any atom is 0.275 e. The minimum Gasteiger partial charge on any atom is -0.447 e. The van der Waals surface area contributed by atoms with E-state index < -0.39 is 0 Å². The van der Waals surface area contributed by atoms with Gasteiger partial charge in [0.25, 0.3) is 5.91 Å². The van der Waals surface area contributed by atoms with Gasteiger partial charge in [-0.2, -0.15) is 0 Å². The number of carbonyl (C=O) groups is 1. The van der Waals surface area contributed by atoms with E-state index in [1.807, 2.05) is 23.1 Å². The lowest BCUT2D eigenvalue weighted by Crippen LogP contribution is -2.49. The molecule has 1 amide bonds. The molecule has 1 atom stereocenters. The Hall–Kier alpha value is -2.42. The number of hydrogen-bond donors (Lipinski definition) is 1. The second-order valence-corrected chi connectivity index (χ2v) is 9.11. The van der Waals surface area contributed by atoms with Gasteiger partial charge in [0.15, 0.2) is 5.69 Å². The molecule has 0 radical (unpaired) electrons. The number of carbonyl (C=O) groups excluding carboxylic acids is 1. The molecular weight excluding hydrogens is 418 g/mol. The molecular formula is C25H37N5O3. The second kappa shape index (κ2) is 11.6. The number of benzene rings is 1. The van der Waals surface area contributed by atoms with Gasteiger partial charge in [-0.15, -0.1) is 0 Å². The van der Waals surface area contributed by atoms with E-state index in [1.165, 1.54) is 12.0 Å². The highest BCUT2D eigenvalue weighted by Crippen LogP contribution is 2.17. The van der Waals surface area contributed by atoms with Crippen LogP contribution >= 0.6 is 0 Å². The number of hydrogen-bond acceptors (Lipinski definition) is 7. The van der Waals surface area contributed by atoms with Gasteiger partial charge in [0.1, 0.15) is 6.26 Å². The Bertz CT molecular complexity index is 858. The zero-order chi connectivity index (χ0) is 23.0. The van der Waals surface area contributed by atoms with Gasteiger partial charge in [0, 0.05) is 64.6 Å². The normalized spacial score (nSPS) is 19.1. The summed E-state index contributed by atoms with van der Waals surface area (Å²) in [5.74, 6) is 0.543. The Labute approximate surface area is 196 Å². The van der Waals surface area contributed by atoms with Crippen molar-refractivity contribution in [3.05, 3.63) is 48.2 Å². The summed E-state index contributed by atoms with van der Waals surface area (Å²) in [5, 5.41) is 10.1. The number of anilines is 1. The molecule has 3 heterocycles. The standard InChI is InChI=1S/C25H37N5O3/c1-2-3-9-22(31)18-27-10-12-28(13-11-27)19-24-26-23(20-33-24)25(32)30-16-14-29(15-17-30)21-7-5-4-6-8-21/h4-8,20,22,31H,2-3,9-19H2,1H3. The Morgan fingerprint density at radius 2 is 1.73 bits per heavy atom. The third-order valence-corrected chi connectivity index (χ3v) is 6.64. The van der Waals surface area contributed by atoms with E-state index in [4.69, 9.17) is 4.42 Å². The van der Waals surface area contributed by atoms with Crippen molar-refractivity contribution in [3.8, 4) is 0 Å². The van der Waals surface area contributed by atoms with E-state index in [0.29, 0.717) is 31.2 Å². The van der Waals surface area contributed by atoms with Gasteiger partial charge < -0.3 is 19.3 Å². The van der Waals surface area contributed by atoms with E-state index >= 15 is 0 Å². The van der Waals surface area contributed by atoms with Crippen LogP contribution in [-0.2, 0) is 6.54 Å². The highest BCUT2D eigenvalue weighted by Gasteiger charge is 2.26. The molecule has 2 saturated heterocycles. The van der Waals surface area contributed by atoms with Crippen molar-refractivity contribution in [2.24, 2.45) is 0 Å². The van der Waals surface area contributed by atoms with Crippen LogP contribution in [0.15, 0.2) is 41.0 Å². The fourth-order valence-electron chi connectivity index (χ4n) is 4.60. The quantitative estimate of drug-likeness (QED) is 0.622. The van der Waals surface area contributed by atoms with Gasteiger partial charge in [0.05, 0.1) is 12.6 Å². The van der Waals surface area contributed by atoms with E-state index in [-0.39, 0.29) is 12.0 Å². The van der Waals surface area contributed by atoms with Gasteiger partial charge in [0.2, 0.25) is 5.89 Å². The molecule has 33 heavy (non-hydrogen) atoms. The fourth-order valence-corrected chi connectivity index (χ4v) is 4.60. The van der Waals surface area contributed by atoms with E-state index in [1.54, 1.807) is 0 Å². The first-order valence-electron chi connectivity index (χ1n) is 12.3. The van der Waals surface area contributed by atoms with Gasteiger partial charge in [-0.3, -0.25) is 14.6 Å². The Kier molecular flexibility index (Phi) is 8.36. The molecule has 1 unspecified atom stereocenters. The van der Waals surface area contributed by atoms with Crippen molar-refractivity contribution in [1.29, 1.82) is 0 Å². The van der Waals surface area contributed by atoms with Crippen molar-refractivity contribution >= 4 is 11.6 Å². The maximum absolute atomic E-state index is 12.9. The summed E-state index contributed by atoms with van der Waals surface area (Å²) < 4.78 is 5.64. The lowest BCUT2D eigenvalue weighted by atomic mass is 10.1. The predicted octanol–water partition coefficient (Wildman–Crippen LogP) is 2.31. The summed E-state index contributed by atoms with van der Waals surface area (Å²) in [6.07, 6.45) is 4.35. The average Bonchev–Trinajstić information content (AvgIpc) is 3.32. The maximum atomic E-state index is 12.9. The van der Waals surface area contributed by atoms with Crippen LogP contribution in [-0.4, -0.2) is 95.7 Å². The molecule has 2 aliphatic heterocycles. The molecule has 0 saturated carbocycles. The summed E-state index contributed by atoms with van der Waals surface area (Å²) >= 11 is 0. The first-order valence-corrected chi connectivity index (χ1v) is 12.3. The van der Waals surface area contributed by atoms with Crippen molar-refractivity contribution in [3.63, 3.8) is 0 Å². The van der Waals surface area contributed by atoms with Crippen LogP contribution in [0.5, 0.6) is 0 Å². The highest BCUT2D eigenvalue weighted by molar-refractivity contribution is 5.92. The van der Waals surface area contributed by atoms with Crippen LogP contribution in [0.4, 0.5) is 5.69 Å². The van der Waals surface area contributed by atoms with Crippen LogP contribution in [0.3, 0.4) is 0 Å². The number of amides is 1. The predicted molar refractivity (Wildman–Crippen MR) is 128 cm³/mol. The van der Waals surface area contributed by atoms with Crippen LogP contribution in [0, 0.1) is 0 Å². The molecule has 8 nitrogen and oxygen atoms in total. The van der Waals surface area contributed by atoms with Crippen molar-refractivity contribution in [2.45, 2.75) is 38.8 Å². The van der Waals surface area contributed by atoms with Crippen molar-refractivity contribution < 1.29 is 14.3 Å². The number of oxazole rings is 1. The molecule has 0 aliphatic carbocycles. The van der Waals surface area contributed by atoms with Gasteiger partial charge >= 0.3 is 0 Å². The Balaban J connectivity index is 1.21. The summed E-state index contributed by atoms with van der Waals surface area (Å²) in [6.45, 7) is 10.2. The number of β-amino-alcohol motifs (C(OH)–C–C–N with tert-alkyl or cyclic N) is 1. The summed E-state index contributed by atoms with van der Waals surface area (Å²) in [6, 6.07) is 10.3. The minimum absolute atomic E-state index is 0.0522. The number of aliphatic hydroxyl groups excluding tert-OH is 1. The van der Waals surface area contributed by atoms with Crippen molar-refractivity contribution in [2.75, 3.05) is 63.8 Å². The molecule has 2 fully saturated rings. The van der Waals surface area contributed by atoms with Gasteiger partial charge in [-0.1, -0.05) is 38.0 Å². The molecule has 1 aromatic carbocycles. The van der Waals surface area contributed by atoms with Gasteiger partial charge in [-0.05, 0) is 18.6 Å². The Morgan fingerprint density at radius 3 is 2.42 bits per heavy atom. The first kappa shape index (κ1) is 23.7. The topological polar surface area (TPSA) is 76.3 Å². The second-order valence-electron chi connectivity index (χ2n) is 9.11. The lowest BCUT2D eigenvalue weighted by Gasteiger charge is -2.35. The van der Waals surface area contributed by atoms with E-state index in [0.717, 1.165) is 65.1 Å². The average molecular weight is 456 g/mol. The molecule has 0 bridgehead atoms. The fraction of sp³-hybridized carbons (Fsp3) is 0.600. The van der Waals surface area contributed by atoms with Crippen LogP contribution < -0.4 is 4.90 Å². The smallest absolute Gasteiger partial charge is 0.275 e. The summed E-state index contributed by atoms with van der Waals surface area (Å²) in [5.41, 5.74) is 1.60.